The Balaban J connectivity index is 1.92. The van der Waals surface area contributed by atoms with Crippen LogP contribution in [0, 0.1) is 5.82 Å². The summed E-state index contributed by atoms with van der Waals surface area (Å²) in [5.74, 6) is 0.574. The highest BCUT2D eigenvalue weighted by atomic mass is 19.1. The number of hydrogen-bond donors (Lipinski definition) is 2. The minimum Gasteiger partial charge on any atom is -0.375 e. The van der Waals surface area contributed by atoms with Crippen molar-refractivity contribution in [3.8, 4) is 0 Å². The summed E-state index contributed by atoms with van der Waals surface area (Å²) in [5, 5.41) is 6.39. The molecule has 1 atom stereocenters. The number of nitrogens with one attached hydrogen (secondary N) is 2. The second-order valence-electron chi connectivity index (χ2n) is 4.17. The largest absolute Gasteiger partial charge is 0.375 e. The van der Waals surface area contributed by atoms with Crippen LogP contribution in [0.25, 0.3) is 0 Å². The van der Waals surface area contributed by atoms with Crippen molar-refractivity contribution < 1.29 is 9.13 Å². The van der Waals surface area contributed by atoms with Crippen LogP contribution in [0.2, 0.25) is 0 Å². The normalized spacial score (nSPS) is 16.7. The number of ether oxygens (including phenoxy) is 1. The van der Waals surface area contributed by atoms with Crippen molar-refractivity contribution in [2.75, 3.05) is 26.7 Å². The van der Waals surface area contributed by atoms with E-state index < -0.39 is 0 Å². The lowest BCUT2D eigenvalue weighted by molar-refractivity contribution is 0.106. The predicted octanol–water partition coefficient (Wildman–Crippen LogP) is 1.45. The number of aliphatic imine (C=N–C) groups is 1. The molecule has 1 unspecified atom stereocenters. The van der Waals surface area contributed by atoms with Crippen LogP contribution in [0.5, 0.6) is 0 Å². The van der Waals surface area contributed by atoms with Gasteiger partial charge in [-0.3, -0.25) is 4.99 Å². The summed E-state index contributed by atoms with van der Waals surface area (Å²) in [7, 11) is 1.64. The van der Waals surface area contributed by atoms with Crippen molar-refractivity contribution in [3.63, 3.8) is 0 Å². The summed E-state index contributed by atoms with van der Waals surface area (Å²) < 4.78 is 18.2. The lowest BCUT2D eigenvalue weighted by Crippen LogP contribution is -2.42. The fourth-order valence-electron chi connectivity index (χ4n) is 1.86. The average molecular weight is 251 g/mol. The Morgan fingerprint density at radius 3 is 2.83 bits per heavy atom. The molecule has 0 fully saturated rings. The van der Waals surface area contributed by atoms with E-state index in [9.17, 15) is 4.39 Å². The predicted molar refractivity (Wildman–Crippen MR) is 69.1 cm³/mol. The Labute approximate surface area is 106 Å². The Morgan fingerprint density at radius 2 is 2.22 bits per heavy atom. The Kier molecular flexibility index (Phi) is 4.52. The number of benzene rings is 1. The molecule has 4 nitrogen and oxygen atoms in total. The minimum absolute atomic E-state index is 0.114. The van der Waals surface area contributed by atoms with E-state index in [-0.39, 0.29) is 11.9 Å². The van der Waals surface area contributed by atoms with Crippen molar-refractivity contribution >= 4 is 5.96 Å². The van der Waals surface area contributed by atoms with Gasteiger partial charge >= 0.3 is 0 Å². The van der Waals surface area contributed by atoms with Crippen molar-refractivity contribution in [1.82, 2.24) is 10.6 Å². The first kappa shape index (κ1) is 12.8. The van der Waals surface area contributed by atoms with E-state index >= 15 is 0 Å². The summed E-state index contributed by atoms with van der Waals surface area (Å²) in [6.45, 7) is 2.40. The molecule has 0 spiro atoms. The number of methoxy groups -OCH3 is 1. The second kappa shape index (κ2) is 6.35. The number of rotatable bonds is 4. The molecule has 1 aliphatic heterocycles. The van der Waals surface area contributed by atoms with E-state index in [1.165, 1.54) is 12.1 Å². The zero-order valence-electron chi connectivity index (χ0n) is 10.4. The van der Waals surface area contributed by atoms with Crippen LogP contribution in [0.3, 0.4) is 0 Å². The molecule has 0 bridgehead atoms. The van der Waals surface area contributed by atoms with Gasteiger partial charge in [0.05, 0.1) is 6.10 Å². The van der Waals surface area contributed by atoms with Gasteiger partial charge in [0.25, 0.3) is 0 Å². The maximum atomic E-state index is 12.8. The van der Waals surface area contributed by atoms with Crippen LogP contribution in [-0.4, -0.2) is 32.7 Å². The average Bonchev–Trinajstić information content (AvgIpc) is 2.42. The van der Waals surface area contributed by atoms with Crippen LogP contribution in [-0.2, 0) is 4.74 Å². The third-order valence-corrected chi connectivity index (χ3v) is 2.88. The summed E-state index contributed by atoms with van der Waals surface area (Å²) in [6.07, 6.45) is 0.952. The quantitative estimate of drug-likeness (QED) is 0.851. The van der Waals surface area contributed by atoms with Crippen LogP contribution >= 0.6 is 0 Å². The first-order valence-electron chi connectivity index (χ1n) is 6.10. The molecule has 0 aromatic heterocycles. The van der Waals surface area contributed by atoms with E-state index in [0.717, 1.165) is 31.0 Å². The second-order valence-corrected chi connectivity index (χ2v) is 4.17. The summed E-state index contributed by atoms with van der Waals surface area (Å²) in [5.41, 5.74) is 0.947. The van der Waals surface area contributed by atoms with Crippen molar-refractivity contribution in [3.05, 3.63) is 35.6 Å². The molecule has 2 N–H and O–H groups in total. The third kappa shape index (κ3) is 3.43. The maximum absolute atomic E-state index is 12.8. The molecule has 1 aromatic carbocycles. The minimum atomic E-state index is -0.236. The highest BCUT2D eigenvalue weighted by Crippen LogP contribution is 2.16. The first-order valence-corrected chi connectivity index (χ1v) is 6.10. The Bertz CT molecular complexity index is 405. The zero-order chi connectivity index (χ0) is 12.8. The van der Waals surface area contributed by atoms with Gasteiger partial charge in [-0.05, 0) is 24.1 Å². The number of hydrogen-bond acceptors (Lipinski definition) is 4. The van der Waals surface area contributed by atoms with Gasteiger partial charge in [0.2, 0.25) is 0 Å². The van der Waals surface area contributed by atoms with Gasteiger partial charge in [0.1, 0.15) is 5.82 Å². The van der Waals surface area contributed by atoms with E-state index in [1.54, 1.807) is 19.2 Å². The molecule has 0 amide bonds. The molecular weight excluding hydrogens is 233 g/mol. The van der Waals surface area contributed by atoms with Crippen molar-refractivity contribution in [2.45, 2.75) is 12.5 Å². The van der Waals surface area contributed by atoms with Gasteiger partial charge in [-0.1, -0.05) is 12.1 Å². The fourth-order valence-corrected chi connectivity index (χ4v) is 1.86. The molecule has 5 heteroatoms. The summed E-state index contributed by atoms with van der Waals surface area (Å²) in [4.78, 5) is 4.32. The van der Waals surface area contributed by atoms with Gasteiger partial charge in [-0.25, -0.2) is 4.39 Å². The maximum Gasteiger partial charge on any atom is 0.191 e. The molecule has 1 aromatic rings. The Hall–Kier alpha value is -1.62. The number of nitrogens with zero attached hydrogens (tertiary/aromatic N) is 1. The fraction of sp³-hybridized carbons (Fsp3) is 0.462. The molecule has 18 heavy (non-hydrogen) atoms. The monoisotopic (exact) mass is 251 g/mol. The highest BCUT2D eigenvalue weighted by molar-refractivity contribution is 5.80. The smallest absolute Gasteiger partial charge is 0.191 e. The molecule has 0 aliphatic carbocycles. The molecular formula is C13H18FN3O. The van der Waals surface area contributed by atoms with E-state index in [1.807, 2.05) is 0 Å². The topological polar surface area (TPSA) is 45.6 Å². The lowest BCUT2D eigenvalue weighted by Gasteiger charge is -2.20. The van der Waals surface area contributed by atoms with Gasteiger partial charge < -0.3 is 15.4 Å². The van der Waals surface area contributed by atoms with E-state index in [2.05, 4.69) is 15.6 Å². The van der Waals surface area contributed by atoms with Crippen molar-refractivity contribution in [2.24, 2.45) is 4.99 Å². The Morgan fingerprint density at radius 1 is 1.44 bits per heavy atom. The van der Waals surface area contributed by atoms with E-state index in [0.29, 0.717) is 6.54 Å². The number of guanidine groups is 1. The summed E-state index contributed by atoms with van der Waals surface area (Å²) in [6, 6.07) is 6.36. The summed E-state index contributed by atoms with van der Waals surface area (Å²) >= 11 is 0. The molecule has 0 saturated carbocycles. The molecule has 1 heterocycles. The van der Waals surface area contributed by atoms with Gasteiger partial charge in [-0.2, -0.15) is 0 Å². The molecule has 1 aliphatic rings. The molecule has 98 valence electrons. The molecule has 2 rings (SSSR count). The number of halogens is 1. The standard InChI is InChI=1S/C13H18FN3O/c1-18-12(10-3-5-11(14)6-4-10)9-17-13-15-7-2-8-16-13/h3-6,12H,2,7-9H2,1H3,(H2,15,16,17). The van der Waals surface area contributed by atoms with E-state index in [4.69, 9.17) is 4.74 Å². The van der Waals surface area contributed by atoms with Gasteiger partial charge in [0, 0.05) is 26.7 Å². The first-order chi connectivity index (χ1) is 8.79. The van der Waals surface area contributed by atoms with Gasteiger partial charge in [0.15, 0.2) is 5.96 Å². The van der Waals surface area contributed by atoms with Crippen LogP contribution in [0.15, 0.2) is 29.3 Å². The zero-order valence-corrected chi connectivity index (χ0v) is 10.4. The van der Waals surface area contributed by atoms with Gasteiger partial charge in [-0.15, -0.1) is 0 Å². The van der Waals surface area contributed by atoms with Crippen LogP contribution in [0.4, 0.5) is 4.39 Å². The van der Waals surface area contributed by atoms with Crippen molar-refractivity contribution in [1.29, 1.82) is 0 Å². The van der Waals surface area contributed by atoms with Crippen LogP contribution in [0.1, 0.15) is 18.1 Å². The molecule has 0 radical (unpaired) electrons. The van der Waals surface area contributed by atoms with Crippen LogP contribution < -0.4 is 10.6 Å². The lowest BCUT2D eigenvalue weighted by atomic mass is 10.1. The highest BCUT2D eigenvalue weighted by Gasteiger charge is 2.12. The molecule has 0 saturated heterocycles. The third-order valence-electron chi connectivity index (χ3n) is 2.88. The SMILES string of the molecule is COC(CNC1=NCCCN1)c1ccc(F)cc1.